The van der Waals surface area contributed by atoms with Gasteiger partial charge in [0.15, 0.2) is 5.82 Å². The van der Waals surface area contributed by atoms with Crippen molar-refractivity contribution < 1.29 is 9.53 Å². The lowest BCUT2D eigenvalue weighted by Crippen LogP contribution is -2.09. The molecule has 3 N–H and O–H groups in total. The van der Waals surface area contributed by atoms with Crippen molar-refractivity contribution in [3.63, 3.8) is 0 Å². The third kappa shape index (κ3) is 3.13. The lowest BCUT2D eigenvalue weighted by atomic mass is 10.1. The SMILES string of the molecule is CCOC(=O)c1c(N)n[nH]c1CCc1ccccc1. The third-order valence-electron chi connectivity index (χ3n) is 2.86. The molecule has 2 aromatic rings. The molecule has 0 saturated heterocycles. The van der Waals surface area contributed by atoms with Gasteiger partial charge in [0.1, 0.15) is 5.56 Å². The number of hydrogen-bond donors (Lipinski definition) is 2. The van der Waals surface area contributed by atoms with Gasteiger partial charge in [-0.3, -0.25) is 5.10 Å². The van der Waals surface area contributed by atoms with E-state index in [0.717, 1.165) is 12.1 Å². The fourth-order valence-electron chi connectivity index (χ4n) is 1.92. The van der Waals surface area contributed by atoms with Crippen molar-refractivity contribution in [1.29, 1.82) is 0 Å². The van der Waals surface area contributed by atoms with E-state index < -0.39 is 5.97 Å². The first kappa shape index (κ1) is 13.1. The third-order valence-corrected chi connectivity index (χ3v) is 2.86. The molecule has 1 aromatic carbocycles. The van der Waals surface area contributed by atoms with Crippen LogP contribution in [-0.4, -0.2) is 22.8 Å². The molecule has 0 bridgehead atoms. The van der Waals surface area contributed by atoms with Crippen LogP contribution in [0.5, 0.6) is 0 Å². The Labute approximate surface area is 111 Å². The summed E-state index contributed by atoms with van der Waals surface area (Å²) in [4.78, 5) is 11.8. The summed E-state index contributed by atoms with van der Waals surface area (Å²) in [6, 6.07) is 10.0. The number of nitrogens with one attached hydrogen (secondary N) is 1. The first-order chi connectivity index (χ1) is 9.22. The number of hydrogen-bond acceptors (Lipinski definition) is 4. The van der Waals surface area contributed by atoms with Crippen molar-refractivity contribution in [1.82, 2.24) is 10.2 Å². The van der Waals surface area contributed by atoms with Gasteiger partial charge in [-0.1, -0.05) is 30.3 Å². The maximum Gasteiger partial charge on any atom is 0.343 e. The number of esters is 1. The number of nitrogens with two attached hydrogens (primary N) is 1. The Bertz CT molecular complexity index is 549. The molecule has 1 aromatic heterocycles. The number of carbonyl (C=O) groups excluding carboxylic acids is 1. The molecule has 1 heterocycles. The summed E-state index contributed by atoms with van der Waals surface area (Å²) in [5.74, 6) is -0.224. The highest BCUT2D eigenvalue weighted by atomic mass is 16.5. The number of benzene rings is 1. The number of ether oxygens (including phenoxy) is 1. The minimum Gasteiger partial charge on any atom is -0.462 e. The lowest BCUT2D eigenvalue weighted by Gasteiger charge is -2.04. The number of aromatic nitrogens is 2. The number of carbonyl (C=O) groups is 1. The second-order valence-corrected chi connectivity index (χ2v) is 4.17. The zero-order valence-electron chi connectivity index (χ0n) is 10.8. The van der Waals surface area contributed by atoms with Crippen LogP contribution in [0.25, 0.3) is 0 Å². The van der Waals surface area contributed by atoms with Crippen LogP contribution < -0.4 is 5.73 Å². The summed E-state index contributed by atoms with van der Waals surface area (Å²) < 4.78 is 4.98. The van der Waals surface area contributed by atoms with Crippen LogP contribution in [0, 0.1) is 0 Å². The molecule has 0 aliphatic heterocycles. The zero-order chi connectivity index (χ0) is 13.7. The number of nitrogen functional groups attached to an aromatic ring is 1. The van der Waals surface area contributed by atoms with Gasteiger partial charge in [-0.05, 0) is 25.3 Å². The van der Waals surface area contributed by atoms with E-state index in [1.54, 1.807) is 6.92 Å². The molecule has 0 unspecified atom stereocenters. The van der Waals surface area contributed by atoms with Crippen LogP contribution in [0.15, 0.2) is 30.3 Å². The largest absolute Gasteiger partial charge is 0.462 e. The van der Waals surface area contributed by atoms with Crippen LogP contribution in [0.1, 0.15) is 28.5 Å². The highest BCUT2D eigenvalue weighted by molar-refractivity contribution is 5.95. The van der Waals surface area contributed by atoms with Gasteiger partial charge >= 0.3 is 5.97 Å². The fraction of sp³-hybridized carbons (Fsp3) is 0.286. The first-order valence-corrected chi connectivity index (χ1v) is 6.26. The van der Waals surface area contributed by atoms with Crippen LogP contribution in [-0.2, 0) is 17.6 Å². The van der Waals surface area contributed by atoms with Crippen molar-refractivity contribution in [3.8, 4) is 0 Å². The highest BCUT2D eigenvalue weighted by Gasteiger charge is 2.19. The molecule has 0 aliphatic rings. The summed E-state index contributed by atoms with van der Waals surface area (Å²) in [6.07, 6.45) is 1.48. The van der Waals surface area contributed by atoms with Gasteiger partial charge in [0.25, 0.3) is 0 Å². The van der Waals surface area contributed by atoms with Gasteiger partial charge in [-0.15, -0.1) is 0 Å². The standard InChI is InChI=1S/C14H17N3O2/c1-2-19-14(18)12-11(16-17-13(12)15)9-8-10-6-4-3-5-7-10/h3-7H,2,8-9H2,1H3,(H3,15,16,17). The maximum atomic E-state index is 11.8. The molecule has 0 aliphatic carbocycles. The molecule has 0 amide bonds. The molecular weight excluding hydrogens is 242 g/mol. The average Bonchev–Trinajstić information content (AvgIpc) is 2.79. The summed E-state index contributed by atoms with van der Waals surface area (Å²) in [7, 11) is 0. The van der Waals surface area contributed by atoms with E-state index in [0.29, 0.717) is 18.6 Å². The summed E-state index contributed by atoms with van der Waals surface area (Å²) in [5.41, 5.74) is 7.98. The molecule has 2 rings (SSSR count). The molecule has 0 atom stereocenters. The maximum absolute atomic E-state index is 11.8. The van der Waals surface area contributed by atoms with E-state index in [1.807, 2.05) is 30.3 Å². The minimum atomic E-state index is -0.420. The van der Waals surface area contributed by atoms with Gasteiger partial charge in [0, 0.05) is 0 Å². The van der Waals surface area contributed by atoms with E-state index in [9.17, 15) is 4.79 Å². The van der Waals surface area contributed by atoms with Crippen LogP contribution in [0.2, 0.25) is 0 Å². The molecule has 0 saturated carbocycles. The van der Waals surface area contributed by atoms with Crippen LogP contribution in [0.4, 0.5) is 5.82 Å². The second kappa shape index (κ2) is 6.04. The molecular formula is C14H17N3O2. The first-order valence-electron chi connectivity index (χ1n) is 6.26. The molecule has 0 spiro atoms. The van der Waals surface area contributed by atoms with E-state index in [-0.39, 0.29) is 5.82 Å². The molecule has 19 heavy (non-hydrogen) atoms. The molecule has 100 valence electrons. The van der Waals surface area contributed by atoms with Crippen molar-refractivity contribution >= 4 is 11.8 Å². The molecule has 0 radical (unpaired) electrons. The number of aromatic amines is 1. The number of nitrogens with zero attached hydrogens (tertiary/aromatic N) is 1. The highest BCUT2D eigenvalue weighted by Crippen LogP contribution is 2.17. The monoisotopic (exact) mass is 259 g/mol. The lowest BCUT2D eigenvalue weighted by molar-refractivity contribution is 0.0526. The predicted octanol–water partition coefficient (Wildman–Crippen LogP) is 1.95. The Kier molecular flexibility index (Phi) is 4.18. The zero-order valence-corrected chi connectivity index (χ0v) is 10.8. The normalized spacial score (nSPS) is 10.4. The van der Waals surface area contributed by atoms with Gasteiger partial charge in [-0.2, -0.15) is 5.10 Å². The van der Waals surface area contributed by atoms with Crippen molar-refractivity contribution in [3.05, 3.63) is 47.2 Å². The predicted molar refractivity (Wildman–Crippen MR) is 72.8 cm³/mol. The van der Waals surface area contributed by atoms with Gasteiger partial charge in [-0.25, -0.2) is 4.79 Å². The van der Waals surface area contributed by atoms with E-state index >= 15 is 0 Å². The molecule has 5 nitrogen and oxygen atoms in total. The summed E-state index contributed by atoms with van der Waals surface area (Å²) >= 11 is 0. The van der Waals surface area contributed by atoms with Crippen molar-refractivity contribution in [2.75, 3.05) is 12.3 Å². The van der Waals surface area contributed by atoms with Crippen molar-refractivity contribution in [2.45, 2.75) is 19.8 Å². The number of aryl methyl sites for hydroxylation is 2. The van der Waals surface area contributed by atoms with Crippen LogP contribution >= 0.6 is 0 Å². The summed E-state index contributed by atoms with van der Waals surface area (Å²) in [5, 5.41) is 6.69. The Morgan fingerprint density at radius 2 is 2.05 bits per heavy atom. The fourth-order valence-corrected chi connectivity index (χ4v) is 1.92. The number of rotatable bonds is 5. The van der Waals surface area contributed by atoms with Gasteiger partial charge in [0.05, 0.1) is 12.3 Å². The Morgan fingerprint density at radius 3 is 2.74 bits per heavy atom. The van der Waals surface area contributed by atoms with E-state index in [1.165, 1.54) is 5.56 Å². The summed E-state index contributed by atoms with van der Waals surface area (Å²) in [6.45, 7) is 2.08. The number of anilines is 1. The van der Waals surface area contributed by atoms with E-state index in [2.05, 4.69) is 10.2 Å². The molecule has 5 heteroatoms. The Hall–Kier alpha value is -2.30. The Morgan fingerprint density at radius 1 is 1.32 bits per heavy atom. The van der Waals surface area contributed by atoms with Crippen molar-refractivity contribution in [2.24, 2.45) is 0 Å². The topological polar surface area (TPSA) is 81.0 Å². The van der Waals surface area contributed by atoms with E-state index in [4.69, 9.17) is 10.5 Å². The minimum absolute atomic E-state index is 0.196. The Balaban J connectivity index is 2.11. The van der Waals surface area contributed by atoms with Gasteiger partial charge in [0.2, 0.25) is 0 Å². The molecule has 0 fully saturated rings. The van der Waals surface area contributed by atoms with Gasteiger partial charge < -0.3 is 10.5 Å². The smallest absolute Gasteiger partial charge is 0.343 e. The van der Waals surface area contributed by atoms with Crippen LogP contribution in [0.3, 0.4) is 0 Å². The quantitative estimate of drug-likeness (QED) is 0.804. The number of H-pyrrole nitrogens is 1. The average molecular weight is 259 g/mol. The second-order valence-electron chi connectivity index (χ2n) is 4.17.